The Hall–Kier alpha value is -1.60. The van der Waals surface area contributed by atoms with Crippen molar-refractivity contribution >= 4 is 5.82 Å². The van der Waals surface area contributed by atoms with Crippen molar-refractivity contribution in [3.63, 3.8) is 0 Å². The van der Waals surface area contributed by atoms with Gasteiger partial charge in [0.2, 0.25) is 5.88 Å². The second-order valence-corrected chi connectivity index (χ2v) is 2.81. The molecule has 0 aromatic carbocycles. The van der Waals surface area contributed by atoms with Gasteiger partial charge in [-0.1, -0.05) is 0 Å². The summed E-state index contributed by atoms with van der Waals surface area (Å²) >= 11 is 0. The van der Waals surface area contributed by atoms with E-state index in [-0.39, 0.29) is 5.88 Å². The lowest BCUT2D eigenvalue weighted by atomic mass is 10.1. The van der Waals surface area contributed by atoms with Crippen molar-refractivity contribution in [3.05, 3.63) is 17.2 Å². The Morgan fingerprint density at radius 1 is 1.38 bits per heavy atom. The predicted molar refractivity (Wildman–Crippen MR) is 45.2 cm³/mol. The van der Waals surface area contributed by atoms with Gasteiger partial charge in [-0.05, 0) is 0 Å². The molecule has 3 nitrogen and oxygen atoms in total. The molecule has 2 N–H and O–H groups in total. The largest absolute Gasteiger partial charge is 0.481 e. The zero-order chi connectivity index (χ0) is 12.5. The van der Waals surface area contributed by atoms with Crippen LogP contribution in [0, 0.1) is 0 Å². The quantitative estimate of drug-likeness (QED) is 0.811. The summed E-state index contributed by atoms with van der Waals surface area (Å²) in [5.74, 6) is -1.41. The lowest BCUT2D eigenvalue weighted by Gasteiger charge is -2.15. The molecule has 1 rings (SSSR count). The van der Waals surface area contributed by atoms with E-state index >= 15 is 0 Å². The molecule has 0 saturated carbocycles. The van der Waals surface area contributed by atoms with Gasteiger partial charge >= 0.3 is 6.18 Å². The molecule has 90 valence electrons. The van der Waals surface area contributed by atoms with E-state index in [4.69, 9.17) is 5.73 Å². The summed E-state index contributed by atoms with van der Waals surface area (Å²) in [6, 6.07) is 0.518. The van der Waals surface area contributed by atoms with Gasteiger partial charge in [0, 0.05) is 11.6 Å². The van der Waals surface area contributed by atoms with Gasteiger partial charge in [-0.3, -0.25) is 0 Å². The maximum Gasteiger partial charge on any atom is 0.420 e. The minimum atomic E-state index is -4.98. The van der Waals surface area contributed by atoms with Crippen molar-refractivity contribution in [1.82, 2.24) is 4.98 Å². The topological polar surface area (TPSA) is 48.1 Å². The molecule has 0 bridgehead atoms. The number of methoxy groups -OCH3 is 1. The van der Waals surface area contributed by atoms with Crippen molar-refractivity contribution in [1.29, 1.82) is 0 Å². The first-order valence-electron chi connectivity index (χ1n) is 3.97. The second-order valence-electron chi connectivity index (χ2n) is 2.81. The Morgan fingerprint density at radius 3 is 2.31 bits per heavy atom. The highest BCUT2D eigenvalue weighted by Crippen LogP contribution is 2.40. The van der Waals surface area contributed by atoms with E-state index in [1.165, 1.54) is 0 Å². The molecule has 0 unspecified atom stereocenters. The fourth-order valence-corrected chi connectivity index (χ4v) is 1.15. The Labute approximate surface area is 87.0 Å². The standard InChI is InChI=1S/C8H7F5N2O/c1-16-4-2-3(6(9)10)5(7(14)15-4)8(11,12)13/h2,6H,1H3,(H2,14,15). The van der Waals surface area contributed by atoms with E-state index in [2.05, 4.69) is 9.72 Å². The molecular formula is C8H7F5N2O. The smallest absolute Gasteiger partial charge is 0.420 e. The van der Waals surface area contributed by atoms with Gasteiger partial charge in [0.25, 0.3) is 6.43 Å². The van der Waals surface area contributed by atoms with Gasteiger partial charge in [0.15, 0.2) is 0 Å². The van der Waals surface area contributed by atoms with Gasteiger partial charge < -0.3 is 10.5 Å². The summed E-state index contributed by atoms with van der Waals surface area (Å²) in [5.41, 5.74) is 2.12. The molecule has 0 spiro atoms. The number of aromatic nitrogens is 1. The van der Waals surface area contributed by atoms with Crippen LogP contribution in [0.4, 0.5) is 27.8 Å². The van der Waals surface area contributed by atoms with Crippen LogP contribution in [-0.4, -0.2) is 12.1 Å². The first-order chi connectivity index (χ1) is 7.27. The number of hydrogen-bond acceptors (Lipinski definition) is 3. The van der Waals surface area contributed by atoms with E-state index in [0.717, 1.165) is 7.11 Å². The number of nitrogens with zero attached hydrogens (tertiary/aromatic N) is 1. The summed E-state index contributed by atoms with van der Waals surface area (Å²) in [7, 11) is 1.09. The van der Waals surface area contributed by atoms with Crippen molar-refractivity contribution in [2.75, 3.05) is 12.8 Å². The average Bonchev–Trinajstić information content (AvgIpc) is 2.14. The number of nitrogens with two attached hydrogens (primary N) is 1. The highest BCUT2D eigenvalue weighted by molar-refractivity contribution is 5.50. The molecule has 0 aliphatic heterocycles. The SMILES string of the molecule is COc1cc(C(F)F)c(C(F)(F)F)c(N)n1. The third-order valence-electron chi connectivity index (χ3n) is 1.78. The Balaban J connectivity index is 3.46. The highest BCUT2D eigenvalue weighted by Gasteiger charge is 2.39. The fraction of sp³-hybridized carbons (Fsp3) is 0.375. The molecule has 16 heavy (non-hydrogen) atoms. The van der Waals surface area contributed by atoms with Crippen LogP contribution >= 0.6 is 0 Å². The van der Waals surface area contributed by atoms with Gasteiger partial charge in [-0.2, -0.15) is 18.2 Å². The Morgan fingerprint density at radius 2 is 1.94 bits per heavy atom. The van der Waals surface area contributed by atoms with Gasteiger partial charge in [-0.15, -0.1) is 0 Å². The number of halogens is 5. The van der Waals surface area contributed by atoms with Crippen LogP contribution in [0.2, 0.25) is 0 Å². The first kappa shape index (κ1) is 12.5. The third kappa shape index (κ3) is 2.31. The number of nitrogen functional groups attached to an aromatic ring is 1. The second kappa shape index (κ2) is 4.11. The van der Waals surface area contributed by atoms with Crippen LogP contribution in [0.15, 0.2) is 6.07 Å². The molecule has 0 radical (unpaired) electrons. The van der Waals surface area contributed by atoms with Gasteiger partial charge in [0.1, 0.15) is 11.4 Å². The van der Waals surface area contributed by atoms with Crippen molar-refractivity contribution in [2.24, 2.45) is 0 Å². The van der Waals surface area contributed by atoms with E-state index in [1.807, 2.05) is 0 Å². The van der Waals surface area contributed by atoms with E-state index in [9.17, 15) is 22.0 Å². The summed E-state index contributed by atoms with van der Waals surface area (Å²) in [6.45, 7) is 0. The number of hydrogen-bond donors (Lipinski definition) is 1. The maximum atomic E-state index is 12.4. The number of rotatable bonds is 2. The number of anilines is 1. The predicted octanol–water partition coefficient (Wildman–Crippen LogP) is 2.63. The number of alkyl halides is 5. The average molecular weight is 242 g/mol. The van der Waals surface area contributed by atoms with Crippen LogP contribution in [0.3, 0.4) is 0 Å². The van der Waals surface area contributed by atoms with Crippen LogP contribution in [0.25, 0.3) is 0 Å². The van der Waals surface area contributed by atoms with Crippen molar-refractivity contribution in [3.8, 4) is 5.88 Å². The molecule has 0 aliphatic rings. The molecule has 0 amide bonds. The minimum absolute atomic E-state index is 0.388. The van der Waals surface area contributed by atoms with E-state index < -0.39 is 29.5 Å². The molecule has 1 aromatic rings. The molecule has 0 atom stereocenters. The molecular weight excluding hydrogens is 235 g/mol. The van der Waals surface area contributed by atoms with Crippen LogP contribution in [0.1, 0.15) is 17.6 Å². The lowest BCUT2D eigenvalue weighted by Crippen LogP contribution is -2.15. The molecule has 8 heteroatoms. The van der Waals surface area contributed by atoms with Crippen LogP contribution in [0.5, 0.6) is 5.88 Å². The summed E-state index contributed by atoms with van der Waals surface area (Å²) in [6.07, 6.45) is -8.29. The van der Waals surface area contributed by atoms with Gasteiger partial charge in [-0.25, -0.2) is 8.78 Å². The van der Waals surface area contributed by atoms with Crippen molar-refractivity contribution in [2.45, 2.75) is 12.6 Å². The summed E-state index contributed by atoms with van der Waals surface area (Å²) in [4.78, 5) is 3.20. The molecule has 1 heterocycles. The van der Waals surface area contributed by atoms with Gasteiger partial charge in [0.05, 0.1) is 7.11 Å². The monoisotopic (exact) mass is 242 g/mol. The molecule has 0 aliphatic carbocycles. The lowest BCUT2D eigenvalue weighted by molar-refractivity contribution is -0.139. The first-order valence-corrected chi connectivity index (χ1v) is 3.97. The number of ether oxygens (including phenoxy) is 1. The summed E-state index contributed by atoms with van der Waals surface area (Å²) in [5, 5.41) is 0. The minimum Gasteiger partial charge on any atom is -0.481 e. The summed E-state index contributed by atoms with van der Waals surface area (Å²) < 4.78 is 66.5. The highest BCUT2D eigenvalue weighted by atomic mass is 19.4. The fourth-order valence-electron chi connectivity index (χ4n) is 1.15. The maximum absolute atomic E-state index is 12.4. The van der Waals surface area contributed by atoms with Crippen LogP contribution < -0.4 is 10.5 Å². The van der Waals surface area contributed by atoms with E-state index in [0.29, 0.717) is 6.07 Å². The zero-order valence-corrected chi connectivity index (χ0v) is 7.98. The molecule has 0 fully saturated rings. The van der Waals surface area contributed by atoms with E-state index in [1.54, 1.807) is 0 Å². The Kier molecular flexibility index (Phi) is 3.20. The molecule has 1 aromatic heterocycles. The van der Waals surface area contributed by atoms with Crippen molar-refractivity contribution < 1.29 is 26.7 Å². The third-order valence-corrected chi connectivity index (χ3v) is 1.78. The zero-order valence-electron chi connectivity index (χ0n) is 7.98. The van der Waals surface area contributed by atoms with Crippen LogP contribution in [-0.2, 0) is 6.18 Å². The Bertz CT molecular complexity index is 391. The molecule has 0 saturated heterocycles. The number of pyridine rings is 1. The normalized spacial score (nSPS) is 11.9.